The molecule has 226 valence electrons. The molecule has 0 bridgehead atoms. The molecule has 0 heterocycles. The average Bonchev–Trinajstić information content (AvgIpc) is 2.92. The number of ether oxygens (including phenoxy) is 6. The van der Waals surface area contributed by atoms with Crippen molar-refractivity contribution < 1.29 is 57.2 Å². The topological polar surface area (TPSA) is 182 Å². The fraction of sp³-hybridized carbons (Fsp3) is 0.357. The fourth-order valence-corrected chi connectivity index (χ4v) is 3.66. The van der Waals surface area contributed by atoms with Gasteiger partial charge in [0.25, 0.3) is 11.8 Å². The molecule has 2 N–H and O–H groups in total. The van der Waals surface area contributed by atoms with Gasteiger partial charge in [-0.05, 0) is 48.5 Å². The highest BCUT2D eigenvalue weighted by molar-refractivity contribution is 5.98. The molecule has 0 spiro atoms. The maximum atomic E-state index is 13.4. The molecule has 0 saturated heterocycles. The van der Waals surface area contributed by atoms with Crippen LogP contribution in [-0.2, 0) is 47.7 Å². The number of benzene rings is 2. The van der Waals surface area contributed by atoms with Gasteiger partial charge in [-0.2, -0.15) is 0 Å². The molecule has 0 saturated carbocycles. The summed E-state index contributed by atoms with van der Waals surface area (Å²) >= 11 is 0. The second kappa shape index (κ2) is 15.6. The molecule has 2 amide bonds. The number of carbonyl (C=O) groups is 6. The van der Waals surface area contributed by atoms with Crippen molar-refractivity contribution in [3.8, 4) is 11.5 Å². The maximum Gasteiger partial charge on any atom is 0.303 e. The van der Waals surface area contributed by atoms with Crippen LogP contribution in [0.15, 0.2) is 48.5 Å². The molecule has 2 aromatic rings. The van der Waals surface area contributed by atoms with Gasteiger partial charge in [-0.15, -0.1) is 0 Å². The monoisotopic (exact) mass is 588 g/mol. The van der Waals surface area contributed by atoms with Crippen molar-refractivity contribution in [1.82, 2.24) is 0 Å². The van der Waals surface area contributed by atoms with Crippen LogP contribution in [0.5, 0.6) is 11.5 Å². The second-order valence-electron chi connectivity index (χ2n) is 8.64. The molecule has 14 heteroatoms. The number of amides is 2. The normalized spacial score (nSPS) is 13.2. The third kappa shape index (κ3) is 10.1. The first-order valence-electron chi connectivity index (χ1n) is 12.4. The molecule has 2 rings (SSSR count). The van der Waals surface area contributed by atoms with Gasteiger partial charge in [0, 0.05) is 39.1 Å². The van der Waals surface area contributed by atoms with Gasteiger partial charge >= 0.3 is 23.9 Å². The zero-order chi connectivity index (χ0) is 31.4. The summed E-state index contributed by atoms with van der Waals surface area (Å²) in [5.41, 5.74) is 0.467. The lowest BCUT2D eigenvalue weighted by molar-refractivity contribution is -0.198. The van der Waals surface area contributed by atoms with Crippen molar-refractivity contribution >= 4 is 47.1 Å². The van der Waals surface area contributed by atoms with E-state index in [0.29, 0.717) is 11.5 Å². The summed E-state index contributed by atoms with van der Waals surface area (Å²) in [4.78, 5) is 75.3. The molecule has 0 aromatic heterocycles. The Morgan fingerprint density at radius 2 is 0.786 bits per heavy atom. The Morgan fingerprint density at radius 1 is 0.500 bits per heavy atom. The molecule has 42 heavy (non-hydrogen) atoms. The first-order valence-corrected chi connectivity index (χ1v) is 12.4. The minimum absolute atomic E-state index is 0.234. The van der Waals surface area contributed by atoms with Crippen molar-refractivity contribution in [3.63, 3.8) is 0 Å². The number of hydrogen-bond acceptors (Lipinski definition) is 12. The van der Waals surface area contributed by atoms with E-state index in [1.807, 2.05) is 0 Å². The van der Waals surface area contributed by atoms with E-state index in [2.05, 4.69) is 10.6 Å². The van der Waals surface area contributed by atoms with Crippen LogP contribution in [-0.4, -0.2) is 74.3 Å². The Bertz CT molecular complexity index is 1180. The zero-order valence-electron chi connectivity index (χ0n) is 23.8. The first kappa shape index (κ1) is 33.1. The summed E-state index contributed by atoms with van der Waals surface area (Å²) in [7, 11) is 2.90. The van der Waals surface area contributed by atoms with Crippen molar-refractivity contribution in [2.45, 2.75) is 52.1 Å². The first-order chi connectivity index (χ1) is 19.8. The molecule has 0 unspecified atom stereocenters. The van der Waals surface area contributed by atoms with Gasteiger partial charge in [0.05, 0.1) is 14.2 Å². The predicted octanol–water partition coefficient (Wildman–Crippen LogP) is 2.01. The molecule has 0 aliphatic rings. The lowest BCUT2D eigenvalue weighted by Gasteiger charge is -2.34. The van der Waals surface area contributed by atoms with Gasteiger partial charge in [0.2, 0.25) is 12.2 Å². The van der Waals surface area contributed by atoms with Crippen LogP contribution >= 0.6 is 0 Å². The highest BCUT2D eigenvalue weighted by Crippen LogP contribution is 2.24. The number of hydrogen-bond donors (Lipinski definition) is 2. The van der Waals surface area contributed by atoms with E-state index < -0.39 is 60.1 Å². The van der Waals surface area contributed by atoms with Gasteiger partial charge in [-0.3, -0.25) is 28.8 Å². The summed E-state index contributed by atoms with van der Waals surface area (Å²) in [5, 5.41) is 4.99. The van der Waals surface area contributed by atoms with E-state index in [0.717, 1.165) is 27.7 Å². The molecule has 0 aliphatic carbocycles. The maximum absolute atomic E-state index is 13.4. The number of methoxy groups -OCH3 is 2. The quantitative estimate of drug-likeness (QED) is 0.257. The third-order valence-corrected chi connectivity index (χ3v) is 5.34. The van der Waals surface area contributed by atoms with E-state index in [9.17, 15) is 28.8 Å². The van der Waals surface area contributed by atoms with Crippen molar-refractivity contribution in [1.29, 1.82) is 0 Å². The highest BCUT2D eigenvalue weighted by atomic mass is 16.6. The van der Waals surface area contributed by atoms with E-state index in [1.54, 1.807) is 24.3 Å². The van der Waals surface area contributed by atoms with Gasteiger partial charge in [0.15, 0.2) is 12.2 Å². The van der Waals surface area contributed by atoms with Gasteiger partial charge in [0.1, 0.15) is 11.5 Å². The highest BCUT2D eigenvalue weighted by Gasteiger charge is 2.49. The van der Waals surface area contributed by atoms with Crippen LogP contribution in [0.1, 0.15) is 27.7 Å². The van der Waals surface area contributed by atoms with Gasteiger partial charge in [-0.25, -0.2) is 0 Å². The number of esters is 4. The molecule has 2 aromatic carbocycles. The SMILES string of the molecule is COc1ccc(NC(=O)[C@@H](OC(C)=O)[C@H](OC(C)=O)[C@@H](OC(C)=O)[C@H](OC(C)=O)C(=O)Nc2ccc(OC)cc2)cc1. The Hall–Kier alpha value is -5.14. The van der Waals surface area contributed by atoms with E-state index in [1.165, 1.54) is 38.5 Å². The molecular weight excluding hydrogens is 556 g/mol. The minimum atomic E-state index is -1.98. The van der Waals surface area contributed by atoms with Crippen LogP contribution in [0.4, 0.5) is 11.4 Å². The molecule has 14 nitrogen and oxygen atoms in total. The van der Waals surface area contributed by atoms with Gasteiger partial charge in [-0.1, -0.05) is 0 Å². The summed E-state index contributed by atoms with van der Waals surface area (Å²) < 4.78 is 31.2. The van der Waals surface area contributed by atoms with E-state index in [4.69, 9.17) is 28.4 Å². The standard InChI is InChI=1S/C28H32N2O12/c1-15(31)39-23(25(41-17(3)33)27(35)29-19-7-11-21(37-5)12-8-19)24(40-16(2)32)26(42-18(4)34)28(36)30-20-9-13-22(38-6)14-10-20/h7-14,23-26H,1-6H3,(H,29,35)(H,30,36)/t23-,24-,25+,26+/m1/s1. The van der Waals surface area contributed by atoms with Crippen molar-refractivity contribution in [2.24, 2.45) is 0 Å². The fourth-order valence-electron chi connectivity index (χ4n) is 3.66. The Balaban J connectivity index is 2.56. The molecule has 0 aliphatic heterocycles. The zero-order valence-corrected chi connectivity index (χ0v) is 23.8. The lowest BCUT2D eigenvalue weighted by Crippen LogP contribution is -2.57. The number of rotatable bonds is 13. The average molecular weight is 589 g/mol. The van der Waals surface area contributed by atoms with Crippen LogP contribution in [0, 0.1) is 0 Å². The van der Waals surface area contributed by atoms with Crippen LogP contribution in [0.2, 0.25) is 0 Å². The summed E-state index contributed by atoms with van der Waals surface area (Å²) in [5.74, 6) is -5.00. The summed E-state index contributed by atoms with van der Waals surface area (Å²) in [6.07, 6.45) is -7.88. The smallest absolute Gasteiger partial charge is 0.303 e. The number of carbonyl (C=O) groups excluding carboxylic acids is 6. The number of anilines is 2. The minimum Gasteiger partial charge on any atom is -0.497 e. The van der Waals surface area contributed by atoms with E-state index in [-0.39, 0.29) is 11.4 Å². The molecule has 0 radical (unpaired) electrons. The molecule has 4 atom stereocenters. The largest absolute Gasteiger partial charge is 0.497 e. The number of nitrogens with one attached hydrogen (secondary N) is 2. The molecular formula is C28H32N2O12. The van der Waals surface area contributed by atoms with Crippen molar-refractivity contribution in [3.05, 3.63) is 48.5 Å². The Labute approximate surface area is 241 Å². The second-order valence-corrected chi connectivity index (χ2v) is 8.64. The Kier molecular flexibility index (Phi) is 12.3. The van der Waals surface area contributed by atoms with Gasteiger partial charge < -0.3 is 39.1 Å². The molecule has 0 fully saturated rings. The van der Waals surface area contributed by atoms with Crippen LogP contribution in [0.3, 0.4) is 0 Å². The Morgan fingerprint density at radius 3 is 1.02 bits per heavy atom. The summed E-state index contributed by atoms with van der Waals surface area (Å²) in [6, 6.07) is 12.1. The summed E-state index contributed by atoms with van der Waals surface area (Å²) in [6.45, 7) is 3.92. The van der Waals surface area contributed by atoms with Crippen LogP contribution < -0.4 is 20.1 Å². The lowest BCUT2D eigenvalue weighted by atomic mass is 10.00. The predicted molar refractivity (Wildman–Crippen MR) is 145 cm³/mol. The third-order valence-electron chi connectivity index (χ3n) is 5.34. The van der Waals surface area contributed by atoms with Crippen LogP contribution in [0.25, 0.3) is 0 Å². The van der Waals surface area contributed by atoms with Crippen molar-refractivity contribution in [2.75, 3.05) is 24.9 Å². The van der Waals surface area contributed by atoms with E-state index >= 15 is 0 Å².